The number of nitrogens with zero attached hydrogens (tertiary/aromatic N) is 1. The van der Waals surface area contributed by atoms with E-state index in [9.17, 15) is 4.79 Å². The Morgan fingerprint density at radius 2 is 1.81 bits per heavy atom. The van der Waals surface area contributed by atoms with E-state index in [1.807, 2.05) is 41.5 Å². The molecule has 0 spiro atoms. The second-order valence-corrected chi connectivity index (χ2v) is 6.22. The van der Waals surface area contributed by atoms with Gasteiger partial charge in [-0.1, -0.05) is 0 Å². The summed E-state index contributed by atoms with van der Waals surface area (Å²) in [5, 5.41) is 0. The predicted octanol–water partition coefficient (Wildman–Crippen LogP) is 2.42. The summed E-state index contributed by atoms with van der Waals surface area (Å²) in [6.45, 7) is 13.0. The first-order chi connectivity index (χ1) is 7.09. The first kappa shape index (κ1) is 13.3. The minimum Gasteiger partial charge on any atom is -0.444 e. The summed E-state index contributed by atoms with van der Waals surface area (Å²) in [7, 11) is 0. The predicted molar refractivity (Wildman–Crippen MR) is 62.4 cm³/mol. The Bertz CT molecular complexity index is 258. The number of carbonyl (C=O) groups is 1. The first-order valence-corrected chi connectivity index (χ1v) is 5.72. The molecule has 0 bridgehead atoms. The number of carbonyl (C=O) groups excluding carboxylic acids is 1. The molecular weight excluding hydrogens is 206 g/mol. The van der Waals surface area contributed by atoms with Crippen molar-refractivity contribution >= 4 is 6.09 Å². The molecule has 4 heteroatoms. The molecule has 94 valence electrons. The Balaban J connectivity index is 2.64. The summed E-state index contributed by atoms with van der Waals surface area (Å²) in [4.78, 5) is 13.7. The van der Waals surface area contributed by atoms with Gasteiger partial charge in [0, 0.05) is 5.54 Å². The summed E-state index contributed by atoms with van der Waals surface area (Å²) in [6, 6.07) is 0. The SMILES string of the molecule is CC(C)(C)OC(=O)N(CC1CO1)C(C)(C)C. The maximum Gasteiger partial charge on any atom is 0.410 e. The van der Waals surface area contributed by atoms with Crippen LogP contribution in [-0.2, 0) is 9.47 Å². The second-order valence-electron chi connectivity index (χ2n) is 6.22. The van der Waals surface area contributed by atoms with Gasteiger partial charge in [0.1, 0.15) is 5.60 Å². The Hall–Kier alpha value is -0.770. The summed E-state index contributed by atoms with van der Waals surface area (Å²) in [6.07, 6.45) is -0.0813. The molecule has 1 aliphatic heterocycles. The Labute approximate surface area is 97.9 Å². The molecule has 0 aromatic heterocycles. The third-order valence-corrected chi connectivity index (χ3v) is 2.21. The summed E-state index contributed by atoms with van der Waals surface area (Å²) in [5.74, 6) is 0. The van der Waals surface area contributed by atoms with E-state index >= 15 is 0 Å². The molecule has 1 rings (SSSR count). The van der Waals surface area contributed by atoms with Crippen LogP contribution < -0.4 is 0 Å². The molecule has 1 amide bonds. The molecule has 1 heterocycles. The molecule has 0 N–H and O–H groups in total. The van der Waals surface area contributed by atoms with Gasteiger partial charge in [-0.15, -0.1) is 0 Å². The zero-order chi connectivity index (χ0) is 12.6. The van der Waals surface area contributed by atoms with E-state index in [1.54, 1.807) is 4.90 Å². The van der Waals surface area contributed by atoms with Crippen LogP contribution in [0.1, 0.15) is 41.5 Å². The van der Waals surface area contributed by atoms with Gasteiger partial charge < -0.3 is 14.4 Å². The highest BCUT2D eigenvalue weighted by molar-refractivity contribution is 5.69. The number of ether oxygens (including phenoxy) is 2. The molecule has 1 aliphatic rings. The van der Waals surface area contributed by atoms with E-state index in [4.69, 9.17) is 9.47 Å². The van der Waals surface area contributed by atoms with Crippen molar-refractivity contribution in [1.29, 1.82) is 0 Å². The Kier molecular flexibility index (Phi) is 3.53. The third kappa shape index (κ3) is 4.39. The third-order valence-electron chi connectivity index (χ3n) is 2.21. The van der Waals surface area contributed by atoms with Crippen molar-refractivity contribution in [2.75, 3.05) is 13.2 Å². The normalized spacial score (nSPS) is 20.5. The van der Waals surface area contributed by atoms with Crippen molar-refractivity contribution in [3.8, 4) is 0 Å². The van der Waals surface area contributed by atoms with Crippen LogP contribution in [0.3, 0.4) is 0 Å². The average Bonchev–Trinajstić information content (AvgIpc) is 2.76. The van der Waals surface area contributed by atoms with Crippen molar-refractivity contribution < 1.29 is 14.3 Å². The van der Waals surface area contributed by atoms with E-state index in [1.165, 1.54) is 0 Å². The van der Waals surface area contributed by atoms with Crippen molar-refractivity contribution in [3.05, 3.63) is 0 Å². The Morgan fingerprint density at radius 3 is 2.12 bits per heavy atom. The number of rotatable bonds is 2. The van der Waals surface area contributed by atoms with Crippen LogP contribution in [0, 0.1) is 0 Å². The van der Waals surface area contributed by atoms with Crippen LogP contribution in [0.15, 0.2) is 0 Å². The van der Waals surface area contributed by atoms with Crippen LogP contribution in [0.4, 0.5) is 4.79 Å². The standard InChI is InChI=1S/C12H23NO3/c1-11(2,3)13(7-9-8-15-9)10(14)16-12(4,5)6/h9H,7-8H2,1-6H3. The minimum absolute atomic E-state index is 0.187. The molecule has 1 unspecified atom stereocenters. The van der Waals surface area contributed by atoms with Crippen LogP contribution >= 0.6 is 0 Å². The summed E-state index contributed by atoms with van der Waals surface area (Å²) < 4.78 is 10.6. The molecule has 1 fully saturated rings. The van der Waals surface area contributed by atoms with Crippen molar-refractivity contribution in [3.63, 3.8) is 0 Å². The van der Waals surface area contributed by atoms with Gasteiger partial charge in [0.05, 0.1) is 19.3 Å². The van der Waals surface area contributed by atoms with Gasteiger partial charge in [-0.25, -0.2) is 4.79 Å². The van der Waals surface area contributed by atoms with E-state index in [0.717, 1.165) is 6.61 Å². The van der Waals surface area contributed by atoms with Gasteiger partial charge in [-0.2, -0.15) is 0 Å². The van der Waals surface area contributed by atoms with Crippen LogP contribution in [-0.4, -0.2) is 41.4 Å². The van der Waals surface area contributed by atoms with E-state index in [2.05, 4.69) is 0 Å². The van der Waals surface area contributed by atoms with Crippen molar-refractivity contribution in [2.24, 2.45) is 0 Å². The number of hydrogen-bond acceptors (Lipinski definition) is 3. The molecular formula is C12H23NO3. The molecule has 16 heavy (non-hydrogen) atoms. The molecule has 0 aromatic carbocycles. The molecule has 0 saturated carbocycles. The van der Waals surface area contributed by atoms with Gasteiger partial charge in [0.2, 0.25) is 0 Å². The molecule has 0 aromatic rings. The van der Waals surface area contributed by atoms with Gasteiger partial charge in [-0.05, 0) is 41.5 Å². The maximum atomic E-state index is 12.0. The fraction of sp³-hybridized carbons (Fsp3) is 0.917. The van der Waals surface area contributed by atoms with E-state index < -0.39 is 5.60 Å². The lowest BCUT2D eigenvalue weighted by Gasteiger charge is -2.36. The van der Waals surface area contributed by atoms with Gasteiger partial charge >= 0.3 is 6.09 Å². The quantitative estimate of drug-likeness (QED) is 0.683. The van der Waals surface area contributed by atoms with Crippen LogP contribution in [0.2, 0.25) is 0 Å². The van der Waals surface area contributed by atoms with E-state index in [-0.39, 0.29) is 17.7 Å². The molecule has 1 saturated heterocycles. The lowest BCUT2D eigenvalue weighted by molar-refractivity contribution is 0.00449. The number of epoxide rings is 1. The highest BCUT2D eigenvalue weighted by Gasteiger charge is 2.36. The topological polar surface area (TPSA) is 42.1 Å². The number of hydrogen-bond donors (Lipinski definition) is 0. The average molecular weight is 229 g/mol. The van der Waals surface area contributed by atoms with Gasteiger partial charge in [0.25, 0.3) is 0 Å². The zero-order valence-corrected chi connectivity index (χ0v) is 11.2. The maximum absolute atomic E-state index is 12.0. The van der Waals surface area contributed by atoms with E-state index in [0.29, 0.717) is 6.54 Å². The Morgan fingerprint density at radius 1 is 1.31 bits per heavy atom. The van der Waals surface area contributed by atoms with Gasteiger partial charge in [0.15, 0.2) is 0 Å². The van der Waals surface area contributed by atoms with Crippen LogP contribution in [0.25, 0.3) is 0 Å². The lowest BCUT2D eigenvalue weighted by Crippen LogP contribution is -2.49. The monoisotopic (exact) mass is 229 g/mol. The molecule has 0 radical (unpaired) electrons. The lowest BCUT2D eigenvalue weighted by atomic mass is 10.1. The summed E-state index contributed by atoms with van der Waals surface area (Å²) >= 11 is 0. The highest BCUT2D eigenvalue weighted by atomic mass is 16.6. The summed E-state index contributed by atoms with van der Waals surface area (Å²) in [5.41, 5.74) is -0.695. The largest absolute Gasteiger partial charge is 0.444 e. The zero-order valence-electron chi connectivity index (χ0n) is 11.2. The molecule has 0 aliphatic carbocycles. The minimum atomic E-state index is -0.453. The van der Waals surface area contributed by atoms with Crippen molar-refractivity contribution in [1.82, 2.24) is 4.90 Å². The molecule has 4 nitrogen and oxygen atoms in total. The highest BCUT2D eigenvalue weighted by Crippen LogP contribution is 2.22. The van der Waals surface area contributed by atoms with Crippen LogP contribution in [0.5, 0.6) is 0 Å². The fourth-order valence-corrected chi connectivity index (χ4v) is 1.32. The smallest absolute Gasteiger partial charge is 0.410 e. The number of amides is 1. The first-order valence-electron chi connectivity index (χ1n) is 5.72. The van der Waals surface area contributed by atoms with Crippen molar-refractivity contribution in [2.45, 2.75) is 58.8 Å². The molecule has 1 atom stereocenters. The van der Waals surface area contributed by atoms with Gasteiger partial charge in [-0.3, -0.25) is 0 Å². The second kappa shape index (κ2) is 4.24. The fourth-order valence-electron chi connectivity index (χ4n) is 1.32.